The van der Waals surface area contributed by atoms with Gasteiger partial charge in [0.1, 0.15) is 0 Å². The Labute approximate surface area is 120 Å². The van der Waals surface area contributed by atoms with E-state index in [0.717, 1.165) is 11.5 Å². The van der Waals surface area contributed by atoms with Crippen LogP contribution in [0.4, 0.5) is 0 Å². The molecule has 0 bridgehead atoms. The van der Waals surface area contributed by atoms with Gasteiger partial charge in [-0.05, 0) is 0 Å². The molecule has 0 atom stereocenters. The van der Waals surface area contributed by atoms with Gasteiger partial charge >= 0.3 is 121 Å². The van der Waals surface area contributed by atoms with Crippen molar-refractivity contribution in [3.05, 3.63) is 12.1 Å². The Morgan fingerprint density at radius 3 is 1.11 bits per heavy atom. The summed E-state index contributed by atoms with van der Waals surface area (Å²) in [5.41, 5.74) is 0. The SMILES string of the molecule is COc1c[c]([Sn]([CH3])([CH3])[CH3])[c]([Sn]([CH3])([CH3])[CH3])cc1OC. The Bertz CT molecular complexity index is 388. The van der Waals surface area contributed by atoms with Crippen LogP contribution in [-0.4, -0.2) is 51.0 Å². The predicted octanol–water partition coefficient (Wildman–Crippen LogP) is 2.79. The van der Waals surface area contributed by atoms with Gasteiger partial charge in [-0.2, -0.15) is 0 Å². The van der Waals surface area contributed by atoms with Gasteiger partial charge in [0, 0.05) is 0 Å². The quantitative estimate of drug-likeness (QED) is 0.640. The third-order valence-corrected chi connectivity index (χ3v) is 16.8. The standard InChI is InChI=1S/C8H8O2.6CH3.2Sn/c1-9-7-5-3-4-6-8(7)10-2;;;;;;;;/h5-6H,1-2H3;6*1H3;;. The van der Waals surface area contributed by atoms with E-state index in [4.69, 9.17) is 9.47 Å². The number of ether oxygens (including phenoxy) is 2. The molecule has 0 heterocycles. The second-order valence-electron chi connectivity index (χ2n) is 6.75. The van der Waals surface area contributed by atoms with E-state index in [2.05, 4.69) is 41.8 Å². The molecule has 0 saturated heterocycles. The van der Waals surface area contributed by atoms with E-state index in [0.29, 0.717) is 0 Å². The maximum atomic E-state index is 5.47. The second-order valence-corrected chi connectivity index (χ2v) is 35.5. The molecule has 18 heavy (non-hydrogen) atoms. The summed E-state index contributed by atoms with van der Waals surface area (Å²) >= 11 is -4.24. The van der Waals surface area contributed by atoms with Crippen molar-refractivity contribution < 1.29 is 9.47 Å². The summed E-state index contributed by atoms with van der Waals surface area (Å²) in [6, 6.07) is 4.51. The first-order chi connectivity index (χ1) is 8.11. The molecular weight excluding hydrogens is 438 g/mol. The second kappa shape index (κ2) is 5.81. The first-order valence-electron chi connectivity index (χ1n) is 6.38. The van der Waals surface area contributed by atoms with Crippen molar-refractivity contribution in [3.63, 3.8) is 0 Å². The fraction of sp³-hybridized carbons (Fsp3) is 0.571. The van der Waals surface area contributed by atoms with Gasteiger partial charge in [0.15, 0.2) is 0 Å². The van der Waals surface area contributed by atoms with Crippen LogP contribution in [0, 0.1) is 0 Å². The van der Waals surface area contributed by atoms with Crippen molar-refractivity contribution in [2.45, 2.75) is 29.6 Å². The van der Waals surface area contributed by atoms with Gasteiger partial charge in [-0.3, -0.25) is 0 Å². The van der Waals surface area contributed by atoms with E-state index in [1.807, 2.05) is 0 Å². The molecule has 1 aromatic rings. The van der Waals surface area contributed by atoms with Crippen LogP contribution in [0.5, 0.6) is 11.5 Å². The summed E-state index contributed by atoms with van der Waals surface area (Å²) in [5, 5.41) is 0. The van der Waals surface area contributed by atoms with E-state index in [-0.39, 0.29) is 0 Å². The summed E-state index contributed by atoms with van der Waals surface area (Å²) in [6.07, 6.45) is 0. The molecule has 0 unspecified atom stereocenters. The molecule has 4 heteroatoms. The van der Waals surface area contributed by atoms with Gasteiger partial charge in [0.05, 0.1) is 0 Å². The van der Waals surface area contributed by atoms with E-state index in [1.54, 1.807) is 21.4 Å². The molecule has 102 valence electrons. The molecule has 0 amide bonds. The topological polar surface area (TPSA) is 18.5 Å². The fourth-order valence-electron chi connectivity index (χ4n) is 2.12. The first-order valence-corrected chi connectivity index (χ1v) is 26.4. The summed E-state index contributed by atoms with van der Waals surface area (Å²) in [7, 11) is 3.44. The Balaban J connectivity index is 3.57. The van der Waals surface area contributed by atoms with Crippen LogP contribution in [-0.2, 0) is 0 Å². The van der Waals surface area contributed by atoms with Crippen molar-refractivity contribution in [2.75, 3.05) is 14.2 Å². The zero-order chi connectivity index (χ0) is 14.1. The maximum absolute atomic E-state index is 5.47. The van der Waals surface area contributed by atoms with Gasteiger partial charge in [0.25, 0.3) is 0 Å². The van der Waals surface area contributed by atoms with Crippen LogP contribution >= 0.6 is 0 Å². The van der Waals surface area contributed by atoms with Gasteiger partial charge in [-0.15, -0.1) is 0 Å². The van der Waals surface area contributed by atoms with Gasteiger partial charge in [-0.25, -0.2) is 0 Å². The average Bonchev–Trinajstić information content (AvgIpc) is 2.24. The first kappa shape index (κ1) is 16.5. The molecule has 0 aliphatic rings. The Morgan fingerprint density at radius 1 is 0.667 bits per heavy atom. The zero-order valence-electron chi connectivity index (χ0n) is 13.0. The van der Waals surface area contributed by atoms with Crippen molar-refractivity contribution >= 4 is 43.9 Å². The molecule has 0 fully saturated rings. The van der Waals surface area contributed by atoms with Crippen LogP contribution in [0.1, 0.15) is 0 Å². The molecule has 0 aliphatic heterocycles. The molecule has 1 rings (SSSR count). The van der Waals surface area contributed by atoms with E-state index in [9.17, 15) is 0 Å². The molecular formula is C14H26O2Sn2. The molecule has 0 N–H and O–H groups in total. The van der Waals surface area contributed by atoms with Crippen LogP contribution in [0.15, 0.2) is 12.1 Å². The van der Waals surface area contributed by atoms with E-state index < -0.39 is 36.8 Å². The van der Waals surface area contributed by atoms with Gasteiger partial charge < -0.3 is 0 Å². The number of hydrogen-bond donors (Lipinski definition) is 0. The summed E-state index contributed by atoms with van der Waals surface area (Å²) in [5.74, 6) is 1.77. The van der Waals surface area contributed by atoms with Crippen LogP contribution < -0.4 is 16.6 Å². The fourth-order valence-corrected chi connectivity index (χ4v) is 24.7. The molecule has 1 aromatic carbocycles. The minimum absolute atomic E-state index is 0.887. The Hall–Kier alpha value is 0.417. The molecule has 2 nitrogen and oxygen atoms in total. The Kier molecular flexibility index (Phi) is 5.32. The molecule has 0 saturated carbocycles. The normalized spacial score (nSPS) is 12.4. The van der Waals surface area contributed by atoms with Crippen LogP contribution in [0.2, 0.25) is 29.6 Å². The summed E-state index contributed by atoms with van der Waals surface area (Å²) < 4.78 is 14.2. The third-order valence-electron chi connectivity index (χ3n) is 3.14. The summed E-state index contributed by atoms with van der Waals surface area (Å²) in [4.78, 5) is 14.8. The zero-order valence-corrected chi connectivity index (χ0v) is 18.7. The van der Waals surface area contributed by atoms with E-state index in [1.165, 1.54) is 0 Å². The summed E-state index contributed by atoms with van der Waals surface area (Å²) in [6.45, 7) is 0. The van der Waals surface area contributed by atoms with Gasteiger partial charge in [0.2, 0.25) is 0 Å². The minimum atomic E-state index is -2.12. The third kappa shape index (κ3) is 3.71. The van der Waals surface area contributed by atoms with Crippen molar-refractivity contribution in [1.82, 2.24) is 0 Å². The average molecular weight is 464 g/mol. The van der Waals surface area contributed by atoms with E-state index >= 15 is 0 Å². The van der Waals surface area contributed by atoms with Crippen molar-refractivity contribution in [1.29, 1.82) is 0 Å². The predicted molar refractivity (Wildman–Crippen MR) is 85.5 cm³/mol. The molecule has 0 aliphatic carbocycles. The van der Waals surface area contributed by atoms with Crippen molar-refractivity contribution in [3.8, 4) is 11.5 Å². The molecule has 0 radical (unpaired) electrons. The molecule has 0 aromatic heterocycles. The number of rotatable bonds is 4. The number of methoxy groups -OCH3 is 2. The van der Waals surface area contributed by atoms with Crippen molar-refractivity contribution in [2.24, 2.45) is 0 Å². The van der Waals surface area contributed by atoms with Crippen LogP contribution in [0.25, 0.3) is 0 Å². The number of benzene rings is 1. The van der Waals surface area contributed by atoms with Gasteiger partial charge in [-0.1, -0.05) is 0 Å². The monoisotopic (exact) mass is 466 g/mol. The van der Waals surface area contributed by atoms with Crippen LogP contribution in [0.3, 0.4) is 0 Å². The Morgan fingerprint density at radius 2 is 0.944 bits per heavy atom. The molecule has 0 spiro atoms. The number of hydrogen-bond acceptors (Lipinski definition) is 2.